The summed E-state index contributed by atoms with van der Waals surface area (Å²) in [5.41, 5.74) is 1.51. The van der Waals surface area contributed by atoms with Gasteiger partial charge in [-0.2, -0.15) is 5.26 Å². The van der Waals surface area contributed by atoms with E-state index in [2.05, 4.69) is 33.6 Å². The number of halogens is 1. The fraction of sp³-hybridized carbons (Fsp3) is 0.167. The van der Waals surface area contributed by atoms with Crippen LogP contribution in [0.3, 0.4) is 0 Å². The van der Waals surface area contributed by atoms with Gasteiger partial charge in [0.2, 0.25) is 5.90 Å². The van der Waals surface area contributed by atoms with Crippen molar-refractivity contribution >= 4 is 21.8 Å². The topological polar surface area (TPSA) is 45.4 Å². The van der Waals surface area contributed by atoms with E-state index in [-0.39, 0.29) is 6.10 Å². The second kappa shape index (κ2) is 4.50. The van der Waals surface area contributed by atoms with Crippen molar-refractivity contribution in [2.24, 2.45) is 4.99 Å². The average molecular weight is 277 g/mol. The van der Waals surface area contributed by atoms with Gasteiger partial charge in [-0.25, -0.2) is 4.99 Å². The van der Waals surface area contributed by atoms with Crippen LogP contribution in [0.4, 0.5) is 0 Å². The molecule has 0 amide bonds. The molecule has 1 aromatic carbocycles. The number of benzene rings is 1. The highest BCUT2D eigenvalue weighted by Crippen LogP contribution is 2.20. The molecule has 0 saturated heterocycles. The maximum absolute atomic E-state index is 8.68. The molecule has 4 heteroatoms. The predicted octanol–water partition coefficient (Wildman–Crippen LogP) is 2.61. The third-order valence-corrected chi connectivity index (χ3v) is 2.78. The summed E-state index contributed by atoms with van der Waals surface area (Å²) < 4.78 is 6.39. The Morgan fingerprint density at radius 1 is 1.50 bits per heavy atom. The lowest BCUT2D eigenvalue weighted by Gasteiger charge is -2.09. The second-order valence-electron chi connectivity index (χ2n) is 3.39. The molecule has 1 aliphatic rings. The van der Waals surface area contributed by atoms with E-state index in [0.717, 1.165) is 10.0 Å². The maximum Gasteiger partial charge on any atom is 0.216 e. The average Bonchev–Trinajstić information content (AvgIpc) is 2.78. The summed E-state index contributed by atoms with van der Waals surface area (Å²) in [4.78, 5) is 4.28. The van der Waals surface area contributed by atoms with Gasteiger partial charge in [0, 0.05) is 10.0 Å². The van der Waals surface area contributed by atoms with Crippen molar-refractivity contribution in [3.63, 3.8) is 0 Å². The molecule has 3 nitrogen and oxygen atoms in total. The summed E-state index contributed by atoms with van der Waals surface area (Å²) in [6.07, 6.45) is -0.0920. The zero-order valence-corrected chi connectivity index (χ0v) is 10.1. The number of nitriles is 1. The Morgan fingerprint density at radius 3 is 2.69 bits per heavy atom. The third-order valence-electron chi connectivity index (χ3n) is 2.26. The van der Waals surface area contributed by atoms with Crippen molar-refractivity contribution in [3.8, 4) is 6.07 Å². The van der Waals surface area contributed by atoms with Crippen LogP contribution in [0.5, 0.6) is 0 Å². The molecular formula is C12H9BrN2O. The molecule has 1 aromatic rings. The van der Waals surface area contributed by atoms with Crippen LogP contribution in [0.25, 0.3) is 0 Å². The minimum Gasteiger partial charge on any atom is -0.467 e. The Hall–Kier alpha value is -1.60. The lowest BCUT2D eigenvalue weighted by atomic mass is 10.1. The van der Waals surface area contributed by atoms with E-state index in [4.69, 9.17) is 10.00 Å². The van der Waals surface area contributed by atoms with Gasteiger partial charge in [0.05, 0.1) is 18.2 Å². The van der Waals surface area contributed by atoms with Crippen LogP contribution in [0.15, 0.2) is 40.3 Å². The highest BCUT2D eigenvalue weighted by Gasteiger charge is 2.22. The molecule has 1 heterocycles. The lowest BCUT2D eigenvalue weighted by Crippen LogP contribution is -2.12. The molecule has 16 heavy (non-hydrogen) atoms. The number of hydrogen-bond donors (Lipinski definition) is 0. The quantitative estimate of drug-likeness (QED) is 0.834. The zero-order valence-electron chi connectivity index (χ0n) is 8.48. The van der Waals surface area contributed by atoms with Gasteiger partial charge in [-0.15, -0.1) is 0 Å². The van der Waals surface area contributed by atoms with Crippen LogP contribution >= 0.6 is 15.9 Å². The first-order valence-corrected chi connectivity index (χ1v) is 5.56. The molecule has 1 atom stereocenters. The Morgan fingerprint density at radius 2 is 2.19 bits per heavy atom. The molecule has 0 N–H and O–H groups in total. The number of ether oxygens (including phenoxy) is 1. The Kier molecular flexibility index (Phi) is 3.07. The van der Waals surface area contributed by atoms with Gasteiger partial charge < -0.3 is 4.74 Å². The minimum absolute atomic E-state index is 0.0920. The van der Waals surface area contributed by atoms with Gasteiger partial charge in [-0.3, -0.25) is 0 Å². The molecule has 0 fully saturated rings. The van der Waals surface area contributed by atoms with Gasteiger partial charge in [-0.05, 0) is 24.3 Å². The Labute approximate surface area is 102 Å². The fourth-order valence-electron chi connectivity index (χ4n) is 1.38. The van der Waals surface area contributed by atoms with Gasteiger partial charge in [0.1, 0.15) is 0 Å². The molecule has 0 aliphatic carbocycles. The van der Waals surface area contributed by atoms with E-state index in [1.165, 1.54) is 0 Å². The summed E-state index contributed by atoms with van der Waals surface area (Å²) in [6.45, 7) is 4.35. The molecule has 0 saturated carbocycles. The Bertz CT molecular complexity index is 485. The van der Waals surface area contributed by atoms with Crippen LogP contribution < -0.4 is 0 Å². The summed E-state index contributed by atoms with van der Waals surface area (Å²) in [6, 6.07) is 9.22. The maximum atomic E-state index is 8.68. The number of aliphatic imine (C=N–C) groups is 1. The SMILES string of the molecule is C=C(Br)[C@@H]1CN=C(c2ccc(C#N)cc2)O1. The lowest BCUT2D eigenvalue weighted by molar-refractivity contribution is 0.272. The number of rotatable bonds is 2. The standard InChI is InChI=1S/C12H9BrN2O/c1-8(13)11-7-15-12(16-11)10-4-2-9(6-14)3-5-10/h2-5,11H,1,7H2/t11-/m0/s1. The van der Waals surface area contributed by atoms with Crippen molar-refractivity contribution in [2.75, 3.05) is 6.54 Å². The third kappa shape index (κ3) is 2.15. The smallest absolute Gasteiger partial charge is 0.216 e. The molecule has 0 spiro atoms. The van der Waals surface area contributed by atoms with E-state index in [1.807, 2.05) is 12.1 Å². The van der Waals surface area contributed by atoms with E-state index in [0.29, 0.717) is 18.0 Å². The summed E-state index contributed by atoms with van der Waals surface area (Å²) >= 11 is 3.29. The van der Waals surface area contributed by atoms with Gasteiger partial charge in [0.25, 0.3) is 0 Å². The second-order valence-corrected chi connectivity index (χ2v) is 4.41. The van der Waals surface area contributed by atoms with Crippen LogP contribution in [0.2, 0.25) is 0 Å². The van der Waals surface area contributed by atoms with Gasteiger partial charge in [-0.1, -0.05) is 22.5 Å². The van der Waals surface area contributed by atoms with Crippen LogP contribution in [0, 0.1) is 11.3 Å². The van der Waals surface area contributed by atoms with Crippen LogP contribution in [0.1, 0.15) is 11.1 Å². The van der Waals surface area contributed by atoms with Crippen molar-refractivity contribution in [1.29, 1.82) is 5.26 Å². The molecule has 0 bridgehead atoms. The molecule has 0 radical (unpaired) electrons. The van der Waals surface area contributed by atoms with Crippen molar-refractivity contribution in [1.82, 2.24) is 0 Å². The predicted molar refractivity (Wildman–Crippen MR) is 65.5 cm³/mol. The largest absolute Gasteiger partial charge is 0.467 e. The molecule has 0 aromatic heterocycles. The molecule has 0 unspecified atom stereocenters. The minimum atomic E-state index is -0.0920. The van der Waals surface area contributed by atoms with E-state index in [1.54, 1.807) is 12.1 Å². The van der Waals surface area contributed by atoms with E-state index >= 15 is 0 Å². The highest BCUT2D eigenvalue weighted by molar-refractivity contribution is 9.11. The Balaban J connectivity index is 2.15. The van der Waals surface area contributed by atoms with Crippen LogP contribution in [-0.4, -0.2) is 18.5 Å². The van der Waals surface area contributed by atoms with E-state index in [9.17, 15) is 0 Å². The zero-order chi connectivity index (χ0) is 11.5. The normalized spacial score (nSPS) is 18.5. The van der Waals surface area contributed by atoms with Crippen molar-refractivity contribution in [3.05, 3.63) is 46.5 Å². The first kappa shape index (κ1) is 10.9. The van der Waals surface area contributed by atoms with Crippen molar-refractivity contribution in [2.45, 2.75) is 6.10 Å². The summed E-state index contributed by atoms with van der Waals surface area (Å²) in [5.74, 6) is 0.607. The first-order chi connectivity index (χ1) is 7.70. The first-order valence-electron chi connectivity index (χ1n) is 4.76. The number of nitrogens with zero attached hydrogens (tertiary/aromatic N) is 2. The van der Waals surface area contributed by atoms with Gasteiger partial charge >= 0.3 is 0 Å². The molecular weight excluding hydrogens is 268 g/mol. The monoisotopic (exact) mass is 276 g/mol. The summed E-state index contributed by atoms with van der Waals surface area (Å²) in [5, 5.41) is 8.68. The molecule has 80 valence electrons. The molecule has 1 aliphatic heterocycles. The fourth-order valence-corrected chi connectivity index (χ4v) is 1.62. The van der Waals surface area contributed by atoms with Gasteiger partial charge in [0.15, 0.2) is 6.10 Å². The molecule has 2 rings (SSSR count). The number of hydrogen-bond acceptors (Lipinski definition) is 3. The van der Waals surface area contributed by atoms with Crippen molar-refractivity contribution < 1.29 is 4.74 Å². The van der Waals surface area contributed by atoms with Crippen LogP contribution in [-0.2, 0) is 4.74 Å². The van der Waals surface area contributed by atoms with E-state index < -0.39 is 0 Å². The summed E-state index contributed by atoms with van der Waals surface area (Å²) in [7, 11) is 0. The highest BCUT2D eigenvalue weighted by atomic mass is 79.9.